The lowest BCUT2D eigenvalue weighted by molar-refractivity contribution is 0.0531. The molecule has 0 fully saturated rings. The number of carbonyl (C=O) groups excluding carboxylic acids is 1. The largest absolute Gasteiger partial charge is 0.462 e. The van der Waals surface area contributed by atoms with Crippen molar-refractivity contribution in [2.75, 3.05) is 6.61 Å². The summed E-state index contributed by atoms with van der Waals surface area (Å²) in [6.07, 6.45) is 3.38. The number of ether oxygens (including phenoxy) is 1. The van der Waals surface area contributed by atoms with Gasteiger partial charge in [0.2, 0.25) is 0 Å². The molecule has 3 aromatic rings. The standard InChI is InChI=1S/C16H14N2O3S2/c1-3-8-18-14(19)12-13(23-16(18)22)11(15(20)21-4-2)10-7-5-6-9-17(10)12/h3,5-7,9H,1,4,8H2,2H3. The number of aromatic nitrogens is 2. The minimum absolute atomic E-state index is 0.236. The Morgan fingerprint density at radius 1 is 1.48 bits per heavy atom. The van der Waals surface area contributed by atoms with E-state index in [0.717, 1.165) is 0 Å². The van der Waals surface area contributed by atoms with Crippen LogP contribution in [-0.2, 0) is 11.3 Å². The van der Waals surface area contributed by atoms with Gasteiger partial charge in [0.25, 0.3) is 5.56 Å². The molecule has 0 aliphatic rings. The molecule has 23 heavy (non-hydrogen) atoms. The Balaban J connectivity index is 2.52. The van der Waals surface area contributed by atoms with Crippen LogP contribution in [0.1, 0.15) is 17.3 Å². The molecule has 0 atom stereocenters. The fraction of sp³-hybridized carbons (Fsp3) is 0.188. The van der Waals surface area contributed by atoms with Crippen LogP contribution in [-0.4, -0.2) is 21.5 Å². The third kappa shape index (κ3) is 2.42. The number of allylic oxidation sites excluding steroid dienone is 1. The number of hydrogen-bond donors (Lipinski definition) is 0. The second kappa shape index (κ2) is 6.10. The summed E-state index contributed by atoms with van der Waals surface area (Å²) >= 11 is 6.56. The molecule has 0 unspecified atom stereocenters. The van der Waals surface area contributed by atoms with Crippen LogP contribution in [0.4, 0.5) is 0 Å². The molecule has 0 radical (unpaired) electrons. The van der Waals surface area contributed by atoms with Gasteiger partial charge in [-0.05, 0) is 31.3 Å². The zero-order valence-electron chi connectivity index (χ0n) is 12.4. The van der Waals surface area contributed by atoms with Crippen LogP contribution in [0.2, 0.25) is 0 Å². The summed E-state index contributed by atoms with van der Waals surface area (Å²) in [6, 6.07) is 5.42. The molecular weight excluding hydrogens is 332 g/mol. The molecule has 5 nitrogen and oxygen atoms in total. The van der Waals surface area contributed by atoms with Gasteiger partial charge in [0.05, 0.1) is 16.8 Å². The molecule has 118 valence electrons. The first-order valence-electron chi connectivity index (χ1n) is 7.04. The second-order valence-corrected chi connectivity index (χ2v) is 6.45. The number of esters is 1. The van der Waals surface area contributed by atoms with Gasteiger partial charge in [-0.15, -0.1) is 17.9 Å². The van der Waals surface area contributed by atoms with Gasteiger partial charge in [-0.1, -0.05) is 12.1 Å². The first kappa shape index (κ1) is 15.6. The van der Waals surface area contributed by atoms with Crippen molar-refractivity contribution in [2.45, 2.75) is 13.5 Å². The summed E-state index contributed by atoms with van der Waals surface area (Å²) in [7, 11) is 0. The van der Waals surface area contributed by atoms with Gasteiger partial charge in [-0.3, -0.25) is 9.36 Å². The summed E-state index contributed by atoms with van der Waals surface area (Å²) in [4.78, 5) is 25.2. The fourth-order valence-electron chi connectivity index (χ4n) is 2.53. The van der Waals surface area contributed by atoms with Gasteiger partial charge in [-0.25, -0.2) is 4.79 Å². The van der Waals surface area contributed by atoms with E-state index in [4.69, 9.17) is 17.0 Å². The van der Waals surface area contributed by atoms with Crippen molar-refractivity contribution in [3.63, 3.8) is 0 Å². The van der Waals surface area contributed by atoms with Crippen LogP contribution in [0, 0.1) is 3.95 Å². The molecule has 0 spiro atoms. The maximum atomic E-state index is 12.8. The molecule has 3 rings (SSSR count). The predicted molar refractivity (Wildman–Crippen MR) is 94.0 cm³/mol. The molecule has 0 bridgehead atoms. The Labute approximate surface area is 141 Å². The molecule has 7 heteroatoms. The average Bonchev–Trinajstić information content (AvgIpc) is 2.85. The Morgan fingerprint density at radius 3 is 2.96 bits per heavy atom. The van der Waals surface area contributed by atoms with E-state index < -0.39 is 5.97 Å². The number of carbonyl (C=O) groups is 1. The van der Waals surface area contributed by atoms with Gasteiger partial charge in [0, 0.05) is 12.7 Å². The van der Waals surface area contributed by atoms with Crippen molar-refractivity contribution in [1.82, 2.24) is 8.97 Å². The highest BCUT2D eigenvalue weighted by molar-refractivity contribution is 7.73. The van der Waals surface area contributed by atoms with E-state index in [1.54, 1.807) is 29.7 Å². The van der Waals surface area contributed by atoms with E-state index >= 15 is 0 Å². The highest BCUT2D eigenvalue weighted by atomic mass is 32.1. The number of rotatable bonds is 4. The lowest BCUT2D eigenvalue weighted by atomic mass is 10.2. The van der Waals surface area contributed by atoms with Crippen molar-refractivity contribution < 1.29 is 9.53 Å². The van der Waals surface area contributed by atoms with E-state index in [2.05, 4.69) is 6.58 Å². The fourth-order valence-corrected chi connectivity index (χ4v) is 3.95. The highest BCUT2D eigenvalue weighted by Gasteiger charge is 2.22. The Morgan fingerprint density at radius 2 is 2.26 bits per heavy atom. The molecule has 0 aliphatic carbocycles. The van der Waals surface area contributed by atoms with Crippen LogP contribution in [0.25, 0.3) is 15.7 Å². The van der Waals surface area contributed by atoms with Gasteiger partial charge in [-0.2, -0.15) is 0 Å². The minimum atomic E-state index is -0.447. The zero-order valence-corrected chi connectivity index (χ0v) is 14.1. The third-order valence-electron chi connectivity index (χ3n) is 3.45. The van der Waals surface area contributed by atoms with Crippen molar-refractivity contribution in [2.24, 2.45) is 0 Å². The molecule has 0 aliphatic heterocycles. The molecule has 0 amide bonds. The van der Waals surface area contributed by atoms with Crippen LogP contribution >= 0.6 is 23.6 Å². The summed E-state index contributed by atoms with van der Waals surface area (Å²) in [5, 5.41) is 0. The average molecular weight is 346 g/mol. The maximum Gasteiger partial charge on any atom is 0.341 e. The van der Waals surface area contributed by atoms with Crippen molar-refractivity contribution in [1.29, 1.82) is 0 Å². The molecule has 0 saturated heterocycles. The van der Waals surface area contributed by atoms with Gasteiger partial charge in [0.15, 0.2) is 3.95 Å². The zero-order chi connectivity index (χ0) is 16.6. The van der Waals surface area contributed by atoms with Crippen molar-refractivity contribution in [3.05, 3.63) is 56.9 Å². The van der Waals surface area contributed by atoms with E-state index in [1.807, 2.05) is 12.1 Å². The van der Waals surface area contributed by atoms with Gasteiger partial charge < -0.3 is 9.14 Å². The van der Waals surface area contributed by atoms with Crippen LogP contribution in [0.15, 0.2) is 41.8 Å². The first-order valence-corrected chi connectivity index (χ1v) is 8.27. The van der Waals surface area contributed by atoms with Crippen LogP contribution in [0.3, 0.4) is 0 Å². The summed E-state index contributed by atoms with van der Waals surface area (Å²) in [5.74, 6) is -0.447. The summed E-state index contributed by atoms with van der Waals surface area (Å²) in [6.45, 7) is 6.00. The topological polar surface area (TPSA) is 52.7 Å². The SMILES string of the molecule is C=CCn1c(=S)sc2c(C(=O)OCC)c3ccccn3c2c1=O. The quantitative estimate of drug-likeness (QED) is 0.413. The molecule has 3 heterocycles. The van der Waals surface area contributed by atoms with E-state index in [-0.39, 0.29) is 12.2 Å². The smallest absolute Gasteiger partial charge is 0.341 e. The number of hydrogen-bond acceptors (Lipinski definition) is 5. The Kier molecular flexibility index (Phi) is 4.14. The lowest BCUT2D eigenvalue weighted by Crippen LogP contribution is -2.20. The molecule has 3 aromatic heterocycles. The van der Waals surface area contributed by atoms with Crippen LogP contribution < -0.4 is 5.56 Å². The summed E-state index contributed by atoms with van der Waals surface area (Å²) < 4.78 is 9.31. The molecule has 0 N–H and O–H groups in total. The molecular formula is C16H14N2O3S2. The van der Waals surface area contributed by atoms with E-state index in [1.165, 1.54) is 15.9 Å². The Hall–Kier alpha value is -2.25. The van der Waals surface area contributed by atoms with Crippen molar-refractivity contribution in [3.8, 4) is 0 Å². The monoisotopic (exact) mass is 346 g/mol. The number of fused-ring (bicyclic) bond motifs is 3. The number of pyridine rings is 1. The minimum Gasteiger partial charge on any atom is -0.462 e. The predicted octanol–water partition coefficient (Wildman–Crippen LogP) is 3.41. The normalized spacial score (nSPS) is 11.0. The van der Waals surface area contributed by atoms with Gasteiger partial charge >= 0.3 is 5.97 Å². The maximum absolute atomic E-state index is 12.8. The van der Waals surface area contributed by atoms with Crippen LogP contribution in [0.5, 0.6) is 0 Å². The highest BCUT2D eigenvalue weighted by Crippen LogP contribution is 2.29. The van der Waals surface area contributed by atoms with E-state index in [9.17, 15) is 9.59 Å². The molecule has 0 aromatic carbocycles. The third-order valence-corrected chi connectivity index (χ3v) is 4.91. The summed E-state index contributed by atoms with van der Waals surface area (Å²) in [5.41, 5.74) is 1.23. The van der Waals surface area contributed by atoms with E-state index in [0.29, 0.717) is 31.8 Å². The first-order chi connectivity index (χ1) is 11.1. The second-order valence-electron chi connectivity index (χ2n) is 4.80. The molecule has 0 saturated carbocycles. The number of nitrogens with zero attached hydrogens (tertiary/aromatic N) is 2. The Bertz CT molecular complexity index is 1040. The lowest BCUT2D eigenvalue weighted by Gasteiger charge is -2.03. The van der Waals surface area contributed by atoms with Crippen molar-refractivity contribution >= 4 is 45.3 Å². The van der Waals surface area contributed by atoms with Gasteiger partial charge in [0.1, 0.15) is 11.1 Å².